The molecule has 5 rings (SSSR count). The van der Waals surface area contributed by atoms with E-state index in [1.807, 2.05) is 71.7 Å². The molecule has 3 aromatic rings. The van der Waals surface area contributed by atoms with Gasteiger partial charge in [-0.05, 0) is 23.8 Å². The summed E-state index contributed by atoms with van der Waals surface area (Å²) in [5.41, 5.74) is 3.59. The lowest BCUT2D eigenvalue weighted by Gasteiger charge is -2.37. The van der Waals surface area contributed by atoms with Gasteiger partial charge in [0, 0.05) is 22.6 Å². The van der Waals surface area contributed by atoms with Crippen LogP contribution in [0.5, 0.6) is 5.75 Å². The smallest absolute Gasteiger partial charge is 0.251 e. The summed E-state index contributed by atoms with van der Waals surface area (Å²) in [6.45, 7) is 0. The highest BCUT2D eigenvalue weighted by molar-refractivity contribution is 6.30. The van der Waals surface area contributed by atoms with Crippen LogP contribution in [0.3, 0.4) is 0 Å². The van der Waals surface area contributed by atoms with Crippen molar-refractivity contribution in [1.29, 1.82) is 0 Å². The first kappa shape index (κ1) is 17.0. The molecule has 3 aromatic carbocycles. The Kier molecular flexibility index (Phi) is 4.14. The summed E-state index contributed by atoms with van der Waals surface area (Å²) in [5, 5.41) is 7.29. The summed E-state index contributed by atoms with van der Waals surface area (Å²) >= 11 is 6.02. The van der Waals surface area contributed by atoms with E-state index < -0.39 is 6.23 Å². The molecule has 0 saturated heterocycles. The van der Waals surface area contributed by atoms with Gasteiger partial charge in [-0.1, -0.05) is 72.3 Å². The van der Waals surface area contributed by atoms with Crippen molar-refractivity contribution in [2.45, 2.75) is 18.7 Å². The number of halogens is 1. The maximum Gasteiger partial charge on any atom is 0.251 e. The van der Waals surface area contributed by atoms with Crippen LogP contribution >= 0.6 is 11.6 Å². The van der Waals surface area contributed by atoms with Gasteiger partial charge in [-0.15, -0.1) is 0 Å². The van der Waals surface area contributed by atoms with Crippen molar-refractivity contribution >= 4 is 23.1 Å². The number of hydrazone groups is 1. The topological polar surface area (TPSA) is 41.9 Å². The summed E-state index contributed by atoms with van der Waals surface area (Å²) in [6, 6.07) is 24.7. The van der Waals surface area contributed by atoms with Gasteiger partial charge in [-0.2, -0.15) is 5.10 Å². The minimum Gasteiger partial charge on any atom is -0.461 e. The Morgan fingerprint density at radius 3 is 2.46 bits per heavy atom. The normalized spacial score (nSPS) is 20.0. The van der Waals surface area contributed by atoms with E-state index in [4.69, 9.17) is 21.4 Å². The number of ether oxygens (including phenoxy) is 1. The summed E-state index contributed by atoms with van der Waals surface area (Å²) < 4.78 is 6.11. The number of benzene rings is 3. The number of nitrogens with zero attached hydrogens (tertiary/aromatic N) is 2. The predicted molar refractivity (Wildman–Crippen MR) is 109 cm³/mol. The molecule has 0 N–H and O–H groups in total. The van der Waals surface area contributed by atoms with E-state index in [2.05, 4.69) is 0 Å². The summed E-state index contributed by atoms with van der Waals surface area (Å²) in [7, 11) is 0. The van der Waals surface area contributed by atoms with Gasteiger partial charge in [0.1, 0.15) is 5.75 Å². The van der Waals surface area contributed by atoms with Crippen molar-refractivity contribution in [2.24, 2.45) is 5.10 Å². The lowest BCUT2D eigenvalue weighted by atomic mass is 9.96. The fourth-order valence-corrected chi connectivity index (χ4v) is 3.89. The summed E-state index contributed by atoms with van der Waals surface area (Å²) in [5.74, 6) is 0.645. The number of carbonyl (C=O) groups excluding carboxylic acids is 1. The monoisotopic (exact) mass is 388 g/mol. The molecule has 4 nitrogen and oxygen atoms in total. The zero-order valence-corrected chi connectivity index (χ0v) is 15.7. The highest BCUT2D eigenvalue weighted by Crippen LogP contribution is 2.43. The standard InChI is InChI=1S/C23H17ClN2O2/c24-17-12-10-15(11-13-17)19-14-20-18-8-4-5-9-21(18)28-23(26(20)25-19)22(27)16-6-2-1-3-7-16/h1-13,20,23H,14H2/t20-,23+/m0/s1. The van der Waals surface area contributed by atoms with Crippen LogP contribution in [0.4, 0.5) is 0 Å². The lowest BCUT2D eigenvalue weighted by molar-refractivity contribution is -0.00455. The number of Topliss-reactive ketones (excluding diaryl/α,β-unsaturated/α-hetero) is 1. The molecule has 0 fully saturated rings. The van der Waals surface area contributed by atoms with E-state index in [1.165, 1.54) is 0 Å². The lowest BCUT2D eigenvalue weighted by Crippen LogP contribution is -2.45. The number of rotatable bonds is 3. The predicted octanol–water partition coefficient (Wildman–Crippen LogP) is 5.09. The van der Waals surface area contributed by atoms with Crippen LogP contribution in [0.25, 0.3) is 0 Å². The molecule has 2 aliphatic rings. The van der Waals surface area contributed by atoms with Crippen molar-refractivity contribution in [3.63, 3.8) is 0 Å². The molecule has 0 aromatic heterocycles. The molecule has 0 bridgehead atoms. The van der Waals surface area contributed by atoms with Gasteiger partial charge >= 0.3 is 0 Å². The second-order valence-electron chi connectivity index (χ2n) is 6.89. The quantitative estimate of drug-likeness (QED) is 0.587. The molecule has 138 valence electrons. The van der Waals surface area contributed by atoms with Gasteiger partial charge in [-0.25, -0.2) is 5.01 Å². The molecule has 2 heterocycles. The Hall–Kier alpha value is -3.11. The van der Waals surface area contributed by atoms with Crippen molar-refractivity contribution in [2.75, 3.05) is 0 Å². The van der Waals surface area contributed by atoms with Crippen molar-refractivity contribution in [3.8, 4) is 5.75 Å². The van der Waals surface area contributed by atoms with Crippen molar-refractivity contribution in [1.82, 2.24) is 5.01 Å². The van der Waals surface area contributed by atoms with Gasteiger partial charge in [0.2, 0.25) is 5.78 Å². The molecule has 0 aliphatic carbocycles. The van der Waals surface area contributed by atoms with Crippen LogP contribution in [0.2, 0.25) is 5.02 Å². The Balaban J connectivity index is 1.56. The highest BCUT2D eigenvalue weighted by atomic mass is 35.5. The second-order valence-corrected chi connectivity index (χ2v) is 7.33. The molecule has 28 heavy (non-hydrogen) atoms. The van der Waals surface area contributed by atoms with Gasteiger partial charge in [0.05, 0.1) is 11.8 Å². The van der Waals surface area contributed by atoms with Crippen molar-refractivity contribution in [3.05, 3.63) is 101 Å². The molecule has 2 aliphatic heterocycles. The van der Waals surface area contributed by atoms with Gasteiger partial charge in [0.25, 0.3) is 6.23 Å². The van der Waals surface area contributed by atoms with E-state index >= 15 is 0 Å². The Bertz CT molecular complexity index is 1060. The van der Waals surface area contributed by atoms with Gasteiger partial charge in [-0.3, -0.25) is 4.79 Å². The fraction of sp³-hybridized carbons (Fsp3) is 0.130. The molecule has 0 saturated carbocycles. The number of ketones is 1. The van der Waals surface area contributed by atoms with Crippen LogP contribution < -0.4 is 4.74 Å². The van der Waals surface area contributed by atoms with E-state index in [-0.39, 0.29) is 11.8 Å². The highest BCUT2D eigenvalue weighted by Gasteiger charge is 2.43. The molecular weight excluding hydrogens is 372 g/mol. The van der Waals surface area contributed by atoms with E-state index in [0.29, 0.717) is 17.0 Å². The number of hydrogen-bond donors (Lipinski definition) is 0. The maximum atomic E-state index is 13.2. The Morgan fingerprint density at radius 2 is 1.68 bits per heavy atom. The van der Waals surface area contributed by atoms with Gasteiger partial charge in [0.15, 0.2) is 0 Å². The minimum absolute atomic E-state index is 0.0340. The Labute approximate surface area is 168 Å². The third-order valence-electron chi connectivity index (χ3n) is 5.16. The molecule has 0 amide bonds. The number of carbonyl (C=O) groups is 1. The van der Waals surface area contributed by atoms with Crippen LogP contribution in [-0.4, -0.2) is 22.7 Å². The van der Waals surface area contributed by atoms with E-state index in [1.54, 1.807) is 12.1 Å². The van der Waals surface area contributed by atoms with Gasteiger partial charge < -0.3 is 4.74 Å². The van der Waals surface area contributed by atoms with Crippen molar-refractivity contribution < 1.29 is 9.53 Å². The zero-order valence-electron chi connectivity index (χ0n) is 15.0. The third kappa shape index (κ3) is 2.86. The number of hydrogen-bond acceptors (Lipinski definition) is 4. The molecule has 0 unspecified atom stereocenters. The summed E-state index contributed by atoms with van der Waals surface area (Å²) in [6.07, 6.45) is -0.0762. The largest absolute Gasteiger partial charge is 0.461 e. The molecule has 0 spiro atoms. The fourth-order valence-electron chi connectivity index (χ4n) is 3.77. The average Bonchev–Trinajstić information content (AvgIpc) is 3.19. The van der Waals surface area contributed by atoms with Crippen LogP contribution in [0, 0.1) is 0 Å². The number of fused-ring (bicyclic) bond motifs is 3. The molecule has 0 radical (unpaired) electrons. The van der Waals surface area contributed by atoms with E-state index in [0.717, 1.165) is 22.6 Å². The third-order valence-corrected chi connectivity index (χ3v) is 5.41. The first-order chi connectivity index (χ1) is 13.7. The first-order valence-electron chi connectivity index (χ1n) is 9.17. The minimum atomic E-state index is -0.785. The second kappa shape index (κ2) is 6.80. The molecule has 2 atom stereocenters. The number of para-hydroxylation sites is 1. The van der Waals surface area contributed by atoms with E-state index in [9.17, 15) is 4.79 Å². The first-order valence-corrected chi connectivity index (χ1v) is 9.55. The molecule has 5 heteroatoms. The van der Waals surface area contributed by atoms with Crippen LogP contribution in [-0.2, 0) is 0 Å². The SMILES string of the molecule is O=C(c1ccccc1)[C@H]1Oc2ccccc2[C@@H]2CC(c3ccc(Cl)cc3)=NN12. The summed E-state index contributed by atoms with van der Waals surface area (Å²) in [4.78, 5) is 13.2. The zero-order chi connectivity index (χ0) is 19.1. The molecular formula is C23H17ClN2O2. The van der Waals surface area contributed by atoms with Crippen LogP contribution in [0.15, 0.2) is 84.0 Å². The average molecular weight is 389 g/mol. The van der Waals surface area contributed by atoms with Crippen LogP contribution in [0.1, 0.15) is 33.9 Å². The maximum absolute atomic E-state index is 13.2. The Morgan fingerprint density at radius 1 is 0.964 bits per heavy atom.